The Kier molecular flexibility index (Phi) is 6.99. The number of hydrogen-bond donors (Lipinski definition) is 1. The van der Waals surface area contributed by atoms with E-state index in [4.69, 9.17) is 14.0 Å². The third-order valence-corrected chi connectivity index (χ3v) is 4.43. The van der Waals surface area contributed by atoms with E-state index in [2.05, 4.69) is 30.4 Å². The van der Waals surface area contributed by atoms with Gasteiger partial charge in [-0.2, -0.15) is 10.1 Å². The van der Waals surface area contributed by atoms with Crippen LogP contribution in [0.4, 0.5) is 0 Å². The third-order valence-electron chi connectivity index (χ3n) is 4.43. The molecule has 1 N–H and O–H groups in total. The zero-order valence-corrected chi connectivity index (χ0v) is 17.0. The fourth-order valence-electron chi connectivity index (χ4n) is 3.04. The van der Waals surface area contributed by atoms with Gasteiger partial charge in [-0.05, 0) is 20.8 Å². The Morgan fingerprint density at radius 2 is 2.32 bits per heavy atom. The molecule has 2 atom stereocenters. The maximum atomic E-state index is 5.92. The van der Waals surface area contributed by atoms with Gasteiger partial charge in [-0.3, -0.25) is 4.68 Å². The molecule has 3 rings (SSSR count). The van der Waals surface area contributed by atoms with Crippen molar-refractivity contribution in [3.05, 3.63) is 29.7 Å². The first-order chi connectivity index (χ1) is 13.6. The molecule has 1 aliphatic rings. The van der Waals surface area contributed by atoms with Gasteiger partial charge in [0.25, 0.3) is 0 Å². The number of aryl methyl sites for hydroxylation is 1. The summed E-state index contributed by atoms with van der Waals surface area (Å²) < 4.78 is 18.5. The molecule has 10 heteroatoms. The van der Waals surface area contributed by atoms with Gasteiger partial charge < -0.3 is 24.2 Å². The number of nitrogens with zero attached hydrogens (tertiary/aromatic N) is 6. The Labute approximate surface area is 164 Å². The summed E-state index contributed by atoms with van der Waals surface area (Å²) in [7, 11) is 1.90. The van der Waals surface area contributed by atoms with E-state index < -0.39 is 0 Å². The lowest BCUT2D eigenvalue weighted by Gasteiger charge is -2.34. The Balaban J connectivity index is 1.66. The van der Waals surface area contributed by atoms with Crippen LogP contribution in [-0.4, -0.2) is 63.6 Å². The number of rotatable bonds is 7. The van der Waals surface area contributed by atoms with Crippen molar-refractivity contribution >= 4 is 5.96 Å². The van der Waals surface area contributed by atoms with E-state index in [1.807, 2.05) is 40.2 Å². The second-order valence-corrected chi connectivity index (χ2v) is 6.57. The second kappa shape index (κ2) is 9.65. The van der Waals surface area contributed by atoms with Crippen molar-refractivity contribution in [2.75, 3.05) is 32.8 Å². The van der Waals surface area contributed by atoms with Gasteiger partial charge in [0.15, 0.2) is 11.8 Å². The molecule has 1 aliphatic heterocycles. The summed E-state index contributed by atoms with van der Waals surface area (Å²) in [5, 5.41) is 11.6. The van der Waals surface area contributed by atoms with Crippen LogP contribution in [0.2, 0.25) is 0 Å². The summed E-state index contributed by atoms with van der Waals surface area (Å²) in [6.45, 7) is 9.65. The number of morpholine rings is 1. The fourth-order valence-corrected chi connectivity index (χ4v) is 3.04. The Morgan fingerprint density at radius 1 is 1.46 bits per heavy atom. The zero-order chi connectivity index (χ0) is 19.9. The predicted octanol–water partition coefficient (Wildman–Crippen LogP) is 1.44. The van der Waals surface area contributed by atoms with Gasteiger partial charge in [0, 0.05) is 38.5 Å². The van der Waals surface area contributed by atoms with Crippen LogP contribution in [-0.2, 0) is 23.1 Å². The zero-order valence-electron chi connectivity index (χ0n) is 17.0. The molecule has 0 saturated carbocycles. The average Bonchev–Trinajstić information content (AvgIpc) is 3.35. The lowest BCUT2D eigenvalue weighted by molar-refractivity contribution is -0.00806. The molecule has 0 radical (unpaired) electrons. The molecule has 28 heavy (non-hydrogen) atoms. The Hall–Kier alpha value is -2.46. The highest BCUT2D eigenvalue weighted by Crippen LogP contribution is 2.21. The molecule has 3 heterocycles. The summed E-state index contributed by atoms with van der Waals surface area (Å²) in [5.41, 5.74) is 1.06. The van der Waals surface area contributed by atoms with Crippen molar-refractivity contribution in [1.82, 2.24) is 30.1 Å². The minimum absolute atomic E-state index is 0.0339. The number of hydrogen-bond acceptors (Lipinski definition) is 7. The smallest absolute Gasteiger partial charge is 0.248 e. The summed E-state index contributed by atoms with van der Waals surface area (Å²) in [5.74, 6) is 1.81. The number of guanidine groups is 1. The summed E-state index contributed by atoms with van der Waals surface area (Å²) in [6, 6.07) is 0. The van der Waals surface area contributed by atoms with Gasteiger partial charge in [0.2, 0.25) is 5.89 Å². The summed E-state index contributed by atoms with van der Waals surface area (Å²) in [6.07, 6.45) is 3.60. The van der Waals surface area contributed by atoms with E-state index >= 15 is 0 Å². The molecule has 0 aromatic carbocycles. The van der Waals surface area contributed by atoms with Crippen molar-refractivity contribution in [2.24, 2.45) is 12.0 Å². The number of nitrogens with one attached hydrogen (secondary N) is 1. The lowest BCUT2D eigenvalue weighted by atomic mass is 10.1. The second-order valence-electron chi connectivity index (χ2n) is 6.57. The minimum atomic E-state index is -0.195. The minimum Gasteiger partial charge on any atom is -0.371 e. The molecule has 2 unspecified atom stereocenters. The van der Waals surface area contributed by atoms with E-state index in [9.17, 15) is 0 Å². The van der Waals surface area contributed by atoms with Gasteiger partial charge in [-0.15, -0.1) is 0 Å². The molecule has 0 bridgehead atoms. The van der Waals surface area contributed by atoms with Crippen molar-refractivity contribution in [3.63, 3.8) is 0 Å². The maximum absolute atomic E-state index is 5.92. The first kappa shape index (κ1) is 20.3. The molecule has 2 aromatic rings. The highest BCUT2D eigenvalue weighted by atomic mass is 16.5. The molecule has 1 saturated heterocycles. The van der Waals surface area contributed by atoms with Crippen molar-refractivity contribution in [3.8, 4) is 0 Å². The van der Waals surface area contributed by atoms with E-state index in [0.29, 0.717) is 38.0 Å². The van der Waals surface area contributed by atoms with Crippen LogP contribution in [0.3, 0.4) is 0 Å². The molecule has 0 aliphatic carbocycles. The Bertz CT molecular complexity index is 773. The van der Waals surface area contributed by atoms with Crippen LogP contribution in [0.15, 0.2) is 21.9 Å². The lowest BCUT2D eigenvalue weighted by Crippen LogP contribution is -2.48. The van der Waals surface area contributed by atoms with Crippen LogP contribution >= 0.6 is 0 Å². The Morgan fingerprint density at radius 3 is 3.04 bits per heavy atom. The van der Waals surface area contributed by atoms with Crippen LogP contribution < -0.4 is 5.32 Å². The van der Waals surface area contributed by atoms with Crippen molar-refractivity contribution in [1.29, 1.82) is 0 Å². The van der Waals surface area contributed by atoms with Crippen LogP contribution in [0.25, 0.3) is 0 Å². The third kappa shape index (κ3) is 5.08. The number of aromatic nitrogens is 4. The van der Waals surface area contributed by atoms with E-state index in [1.165, 1.54) is 0 Å². The SMILES string of the molecule is CCNC(=NCc1nc(C(C)OCC)no1)N1CCOC(c2cnn(C)c2)C1. The topological polar surface area (TPSA) is 103 Å². The standard InChI is InChI=1S/C18H29N7O3/c1-5-19-18(20-10-16-22-17(23-28-16)13(3)26-6-2)25-7-8-27-15(12-25)14-9-21-24(4)11-14/h9,11,13,15H,5-8,10,12H2,1-4H3,(H,19,20). The van der Waals surface area contributed by atoms with Crippen LogP contribution in [0.1, 0.15) is 50.3 Å². The molecule has 154 valence electrons. The van der Waals surface area contributed by atoms with Gasteiger partial charge in [-0.25, -0.2) is 4.99 Å². The summed E-state index contributed by atoms with van der Waals surface area (Å²) in [4.78, 5) is 11.2. The van der Waals surface area contributed by atoms with E-state index in [1.54, 1.807) is 4.68 Å². The highest BCUT2D eigenvalue weighted by molar-refractivity contribution is 5.80. The van der Waals surface area contributed by atoms with Gasteiger partial charge in [0.05, 0.1) is 19.3 Å². The molecule has 10 nitrogen and oxygen atoms in total. The number of aliphatic imine (C=N–C) groups is 1. The first-order valence-electron chi connectivity index (χ1n) is 9.68. The average molecular weight is 391 g/mol. The molecule has 2 aromatic heterocycles. The van der Waals surface area contributed by atoms with Crippen LogP contribution in [0.5, 0.6) is 0 Å². The first-order valence-corrected chi connectivity index (χ1v) is 9.68. The quantitative estimate of drug-likeness (QED) is 0.559. The van der Waals surface area contributed by atoms with Gasteiger partial charge in [-0.1, -0.05) is 5.16 Å². The van der Waals surface area contributed by atoms with Crippen molar-refractivity contribution < 1.29 is 14.0 Å². The summed E-state index contributed by atoms with van der Waals surface area (Å²) >= 11 is 0. The van der Waals surface area contributed by atoms with Crippen LogP contribution in [0, 0.1) is 0 Å². The van der Waals surface area contributed by atoms with E-state index in [0.717, 1.165) is 24.6 Å². The molecule has 1 fully saturated rings. The highest BCUT2D eigenvalue weighted by Gasteiger charge is 2.25. The largest absolute Gasteiger partial charge is 0.371 e. The maximum Gasteiger partial charge on any atom is 0.248 e. The molecule has 0 amide bonds. The molecular weight excluding hydrogens is 362 g/mol. The monoisotopic (exact) mass is 391 g/mol. The number of ether oxygens (including phenoxy) is 2. The normalized spacial score (nSPS) is 19.1. The van der Waals surface area contributed by atoms with E-state index in [-0.39, 0.29) is 12.2 Å². The van der Waals surface area contributed by atoms with Crippen molar-refractivity contribution in [2.45, 2.75) is 39.5 Å². The van der Waals surface area contributed by atoms with Gasteiger partial charge in [0.1, 0.15) is 18.8 Å². The predicted molar refractivity (Wildman–Crippen MR) is 103 cm³/mol. The van der Waals surface area contributed by atoms with Gasteiger partial charge >= 0.3 is 0 Å². The fraction of sp³-hybridized carbons (Fsp3) is 0.667. The molecule has 0 spiro atoms. The molecular formula is C18H29N7O3.